The molecule has 3 aromatic rings. The molecule has 5 nitrogen and oxygen atoms in total. The molecule has 1 aromatic heterocycles. The number of ketones is 1. The number of Topliss-reactive ketones (excluding diaryl/α,β-unsaturated/α-hetero) is 1. The van der Waals surface area contributed by atoms with Gasteiger partial charge in [0.25, 0.3) is 0 Å². The minimum atomic E-state index is 0.0184. The van der Waals surface area contributed by atoms with Gasteiger partial charge in [-0.25, -0.2) is 0 Å². The van der Waals surface area contributed by atoms with Crippen molar-refractivity contribution in [3.05, 3.63) is 77.6 Å². The molecule has 2 aromatic carbocycles. The van der Waals surface area contributed by atoms with Crippen LogP contribution in [0.25, 0.3) is 0 Å². The largest absolute Gasteiger partial charge is 0.332 e. The van der Waals surface area contributed by atoms with Crippen LogP contribution in [0.15, 0.2) is 60.9 Å². The fraction of sp³-hybridized carbons (Fsp3) is 0.150. The molecule has 0 saturated carbocycles. The molecule has 1 heterocycles. The van der Waals surface area contributed by atoms with E-state index >= 15 is 0 Å². The van der Waals surface area contributed by atoms with Crippen LogP contribution < -0.4 is 10.6 Å². The highest BCUT2D eigenvalue weighted by atomic mass is 32.1. The Bertz CT molecular complexity index is 931. The van der Waals surface area contributed by atoms with Crippen molar-refractivity contribution in [2.45, 2.75) is 20.4 Å². The van der Waals surface area contributed by atoms with Gasteiger partial charge in [-0.15, -0.1) is 0 Å². The third-order valence-electron chi connectivity index (χ3n) is 3.88. The zero-order valence-electron chi connectivity index (χ0n) is 14.7. The summed E-state index contributed by atoms with van der Waals surface area (Å²) in [6, 6.07) is 15.6. The van der Waals surface area contributed by atoms with E-state index in [1.807, 2.05) is 23.0 Å². The van der Waals surface area contributed by atoms with E-state index in [9.17, 15) is 4.79 Å². The second-order valence-corrected chi connectivity index (χ2v) is 6.54. The second-order valence-electron chi connectivity index (χ2n) is 6.13. The number of nitrogens with one attached hydrogen (secondary N) is 2. The number of benzene rings is 2. The lowest BCUT2D eigenvalue weighted by molar-refractivity contribution is 0.101. The molecule has 0 aliphatic carbocycles. The Hall–Kier alpha value is -2.99. The average Bonchev–Trinajstić information content (AvgIpc) is 3.04. The molecule has 0 unspecified atom stereocenters. The first-order valence-corrected chi connectivity index (χ1v) is 8.67. The van der Waals surface area contributed by atoms with Crippen molar-refractivity contribution >= 4 is 34.5 Å². The summed E-state index contributed by atoms with van der Waals surface area (Å²) in [5.41, 5.74) is 4.64. The predicted molar refractivity (Wildman–Crippen MR) is 109 cm³/mol. The van der Waals surface area contributed by atoms with Gasteiger partial charge in [-0.05, 0) is 43.8 Å². The predicted octanol–water partition coefficient (Wildman–Crippen LogP) is 4.25. The summed E-state index contributed by atoms with van der Waals surface area (Å²) in [4.78, 5) is 11.5. The Kier molecular flexibility index (Phi) is 5.43. The van der Waals surface area contributed by atoms with E-state index < -0.39 is 0 Å². The zero-order valence-corrected chi connectivity index (χ0v) is 15.5. The van der Waals surface area contributed by atoms with Crippen LogP contribution in [-0.2, 0) is 6.54 Å². The number of aryl methyl sites for hydroxylation is 1. The van der Waals surface area contributed by atoms with Gasteiger partial charge in [0.2, 0.25) is 0 Å². The molecule has 6 heteroatoms. The Morgan fingerprint density at radius 2 is 1.85 bits per heavy atom. The fourth-order valence-corrected chi connectivity index (χ4v) is 2.74. The van der Waals surface area contributed by atoms with E-state index in [1.165, 1.54) is 18.1 Å². The summed E-state index contributed by atoms with van der Waals surface area (Å²) < 4.78 is 1.85. The van der Waals surface area contributed by atoms with Crippen LogP contribution >= 0.6 is 12.2 Å². The maximum Gasteiger partial charge on any atom is 0.175 e. The average molecular weight is 364 g/mol. The van der Waals surface area contributed by atoms with E-state index in [-0.39, 0.29) is 5.78 Å². The van der Waals surface area contributed by atoms with Crippen LogP contribution in [0.4, 0.5) is 11.4 Å². The van der Waals surface area contributed by atoms with Gasteiger partial charge in [0, 0.05) is 17.4 Å². The molecule has 0 atom stereocenters. The Labute approximate surface area is 158 Å². The van der Waals surface area contributed by atoms with Gasteiger partial charge in [-0.2, -0.15) is 5.10 Å². The summed E-state index contributed by atoms with van der Waals surface area (Å²) >= 11 is 5.34. The SMILES string of the molecule is CC(=O)c1cccc(NC(=S)Nc2cnn(Cc3ccc(C)cc3)c2)c1. The van der Waals surface area contributed by atoms with Gasteiger partial charge in [0.15, 0.2) is 10.9 Å². The normalized spacial score (nSPS) is 10.4. The summed E-state index contributed by atoms with van der Waals surface area (Å²) in [5, 5.41) is 11.0. The van der Waals surface area contributed by atoms with Gasteiger partial charge in [-0.3, -0.25) is 9.48 Å². The summed E-state index contributed by atoms with van der Waals surface area (Å²) in [6.45, 7) is 4.31. The third kappa shape index (κ3) is 4.77. The van der Waals surface area contributed by atoms with Gasteiger partial charge < -0.3 is 10.6 Å². The number of anilines is 2. The molecule has 0 bridgehead atoms. The van der Waals surface area contributed by atoms with E-state index in [0.717, 1.165) is 11.4 Å². The minimum Gasteiger partial charge on any atom is -0.332 e. The smallest absolute Gasteiger partial charge is 0.175 e. The summed E-state index contributed by atoms with van der Waals surface area (Å²) in [5.74, 6) is 0.0184. The van der Waals surface area contributed by atoms with Gasteiger partial charge >= 0.3 is 0 Å². The molecule has 0 fully saturated rings. The van der Waals surface area contributed by atoms with E-state index in [4.69, 9.17) is 12.2 Å². The number of hydrogen-bond donors (Lipinski definition) is 2. The third-order valence-corrected chi connectivity index (χ3v) is 4.09. The molecule has 0 amide bonds. The highest BCUT2D eigenvalue weighted by Crippen LogP contribution is 2.13. The molecule has 0 saturated heterocycles. The van der Waals surface area contributed by atoms with Crippen LogP contribution in [0.3, 0.4) is 0 Å². The lowest BCUT2D eigenvalue weighted by Gasteiger charge is -2.09. The van der Waals surface area contributed by atoms with Gasteiger partial charge in [0.1, 0.15) is 0 Å². The summed E-state index contributed by atoms with van der Waals surface area (Å²) in [6.07, 6.45) is 3.63. The number of rotatable bonds is 5. The van der Waals surface area contributed by atoms with Crippen LogP contribution in [0.2, 0.25) is 0 Å². The van der Waals surface area contributed by atoms with Crippen molar-refractivity contribution in [3.8, 4) is 0 Å². The van der Waals surface area contributed by atoms with E-state index in [2.05, 4.69) is 46.9 Å². The van der Waals surface area contributed by atoms with Crippen molar-refractivity contribution < 1.29 is 4.79 Å². The first kappa shape index (κ1) is 17.8. The Morgan fingerprint density at radius 3 is 2.58 bits per heavy atom. The standard InChI is InChI=1S/C20H20N4OS/c1-14-6-8-16(9-7-14)12-24-13-19(11-21-24)23-20(26)22-18-5-3-4-17(10-18)15(2)25/h3-11,13H,12H2,1-2H3,(H2,22,23,26). The van der Waals surface area contributed by atoms with Crippen LogP contribution in [-0.4, -0.2) is 20.7 Å². The molecular formula is C20H20N4OS. The maximum atomic E-state index is 11.5. The Morgan fingerprint density at radius 1 is 1.12 bits per heavy atom. The number of aromatic nitrogens is 2. The molecule has 2 N–H and O–H groups in total. The first-order chi connectivity index (χ1) is 12.5. The Balaban J connectivity index is 1.60. The van der Waals surface area contributed by atoms with Crippen LogP contribution in [0, 0.1) is 6.92 Å². The zero-order chi connectivity index (χ0) is 18.5. The number of carbonyl (C=O) groups is 1. The van der Waals surface area contributed by atoms with Crippen molar-refractivity contribution in [2.24, 2.45) is 0 Å². The monoisotopic (exact) mass is 364 g/mol. The fourth-order valence-electron chi connectivity index (χ4n) is 2.50. The molecule has 3 rings (SSSR count). The molecule has 26 heavy (non-hydrogen) atoms. The van der Waals surface area contributed by atoms with Crippen LogP contribution in [0.5, 0.6) is 0 Å². The molecule has 0 aliphatic rings. The molecule has 132 valence electrons. The molecule has 0 radical (unpaired) electrons. The highest BCUT2D eigenvalue weighted by Gasteiger charge is 2.05. The first-order valence-electron chi connectivity index (χ1n) is 8.26. The van der Waals surface area contributed by atoms with Gasteiger partial charge in [-0.1, -0.05) is 42.0 Å². The van der Waals surface area contributed by atoms with Crippen molar-refractivity contribution in [1.82, 2.24) is 9.78 Å². The minimum absolute atomic E-state index is 0.0184. The number of carbonyl (C=O) groups excluding carboxylic acids is 1. The van der Waals surface area contributed by atoms with Crippen molar-refractivity contribution in [3.63, 3.8) is 0 Å². The van der Waals surface area contributed by atoms with Gasteiger partial charge in [0.05, 0.1) is 18.4 Å². The second kappa shape index (κ2) is 7.93. The maximum absolute atomic E-state index is 11.5. The number of nitrogens with zero attached hydrogens (tertiary/aromatic N) is 2. The molecular weight excluding hydrogens is 344 g/mol. The topological polar surface area (TPSA) is 59.0 Å². The highest BCUT2D eigenvalue weighted by molar-refractivity contribution is 7.80. The van der Waals surface area contributed by atoms with E-state index in [1.54, 1.807) is 18.3 Å². The summed E-state index contributed by atoms with van der Waals surface area (Å²) in [7, 11) is 0. The quantitative estimate of drug-likeness (QED) is 0.523. The number of thiocarbonyl (C=S) groups is 1. The van der Waals surface area contributed by atoms with Crippen molar-refractivity contribution in [1.29, 1.82) is 0 Å². The lowest BCUT2D eigenvalue weighted by atomic mass is 10.1. The molecule has 0 aliphatic heterocycles. The number of hydrogen-bond acceptors (Lipinski definition) is 3. The van der Waals surface area contributed by atoms with Crippen LogP contribution in [0.1, 0.15) is 28.4 Å². The molecule has 0 spiro atoms. The van der Waals surface area contributed by atoms with Crippen molar-refractivity contribution in [2.75, 3.05) is 10.6 Å². The van der Waals surface area contributed by atoms with E-state index in [0.29, 0.717) is 17.2 Å². The lowest BCUT2D eigenvalue weighted by Crippen LogP contribution is -2.19.